The first-order valence-corrected chi connectivity index (χ1v) is 9.99. The van der Waals surface area contributed by atoms with Crippen LogP contribution in [0.15, 0.2) is 29.3 Å². The maximum Gasteiger partial charge on any atom is 0.308 e. The van der Waals surface area contributed by atoms with Crippen LogP contribution in [0.2, 0.25) is 0 Å². The third-order valence-electron chi connectivity index (χ3n) is 4.74. The van der Waals surface area contributed by atoms with Crippen molar-refractivity contribution in [2.24, 2.45) is 10.9 Å². The lowest BCUT2D eigenvalue weighted by Gasteiger charge is -2.33. The number of hydrogen-bond donors (Lipinski definition) is 1. The number of hydrogen-bond acceptors (Lipinski definition) is 5. The fourth-order valence-electron chi connectivity index (χ4n) is 3.21. The normalized spacial score (nSPS) is 15.4. The number of likely N-dealkylation sites (tertiary alicyclic amines) is 1. The van der Waals surface area contributed by atoms with Gasteiger partial charge in [0.25, 0.3) is 0 Å². The first-order chi connectivity index (χ1) is 13.7. The highest BCUT2D eigenvalue weighted by Gasteiger charge is 2.26. The van der Waals surface area contributed by atoms with Crippen LogP contribution in [0.4, 0.5) is 0 Å². The van der Waals surface area contributed by atoms with Gasteiger partial charge < -0.3 is 24.4 Å². The number of carbonyl (C=O) groups excluding carboxylic acids is 1. The summed E-state index contributed by atoms with van der Waals surface area (Å²) in [6.07, 6.45) is 2.45. The molecule has 28 heavy (non-hydrogen) atoms. The summed E-state index contributed by atoms with van der Waals surface area (Å²) in [6.45, 7) is 6.38. The number of rotatable bonds is 9. The maximum atomic E-state index is 11.7. The molecule has 1 fully saturated rings. The molecule has 2 rings (SSSR count). The second-order valence-corrected chi connectivity index (χ2v) is 6.80. The molecule has 1 aliphatic heterocycles. The third kappa shape index (κ3) is 7.03. The van der Waals surface area contributed by atoms with E-state index in [-0.39, 0.29) is 11.9 Å². The Morgan fingerprint density at radius 2 is 2.04 bits per heavy atom. The molecule has 0 saturated carbocycles. The number of nitrogens with zero attached hydrogens (tertiary/aromatic N) is 2. The van der Waals surface area contributed by atoms with E-state index in [2.05, 4.69) is 23.2 Å². The highest BCUT2D eigenvalue weighted by atomic mass is 16.5. The number of ether oxygens (including phenoxy) is 3. The zero-order valence-electron chi connectivity index (χ0n) is 17.3. The molecule has 1 aliphatic rings. The Balaban J connectivity index is 1.92. The average molecular weight is 392 g/mol. The van der Waals surface area contributed by atoms with Gasteiger partial charge in [0, 0.05) is 39.8 Å². The Hall–Kier alpha value is -2.28. The topological polar surface area (TPSA) is 72.4 Å². The molecule has 7 heteroatoms. The van der Waals surface area contributed by atoms with E-state index in [0.29, 0.717) is 19.8 Å². The van der Waals surface area contributed by atoms with Gasteiger partial charge >= 0.3 is 5.97 Å². The van der Waals surface area contributed by atoms with Crippen LogP contribution in [0.1, 0.15) is 31.7 Å². The van der Waals surface area contributed by atoms with Crippen molar-refractivity contribution < 1.29 is 19.0 Å². The summed E-state index contributed by atoms with van der Waals surface area (Å²) in [4.78, 5) is 18.7. The van der Waals surface area contributed by atoms with Gasteiger partial charge in [0.15, 0.2) is 5.96 Å². The van der Waals surface area contributed by atoms with Crippen LogP contribution in [-0.4, -0.2) is 63.9 Å². The number of piperidine rings is 1. The van der Waals surface area contributed by atoms with Gasteiger partial charge in [-0.2, -0.15) is 0 Å². The SMILES string of the molecule is CCNC(=NCc1cccc(OCCCOC)c1)N1CCC(C(=O)OC)CC1. The first kappa shape index (κ1) is 22.0. The molecule has 1 aromatic carbocycles. The van der Waals surface area contributed by atoms with Crippen molar-refractivity contribution >= 4 is 11.9 Å². The minimum atomic E-state index is -0.107. The van der Waals surface area contributed by atoms with Crippen molar-refractivity contribution in [3.05, 3.63) is 29.8 Å². The summed E-state index contributed by atoms with van der Waals surface area (Å²) in [6, 6.07) is 8.04. The Morgan fingerprint density at radius 1 is 1.25 bits per heavy atom. The predicted molar refractivity (Wildman–Crippen MR) is 110 cm³/mol. The van der Waals surface area contributed by atoms with E-state index in [1.165, 1.54) is 7.11 Å². The lowest BCUT2D eigenvalue weighted by Crippen LogP contribution is -2.46. The van der Waals surface area contributed by atoms with Crippen LogP contribution >= 0.6 is 0 Å². The van der Waals surface area contributed by atoms with Crippen LogP contribution in [-0.2, 0) is 20.8 Å². The van der Waals surface area contributed by atoms with E-state index >= 15 is 0 Å². The third-order valence-corrected chi connectivity index (χ3v) is 4.74. The minimum Gasteiger partial charge on any atom is -0.493 e. The average Bonchev–Trinajstić information content (AvgIpc) is 2.74. The Labute approximate surface area is 168 Å². The van der Waals surface area contributed by atoms with Crippen LogP contribution in [0, 0.1) is 5.92 Å². The number of benzene rings is 1. The number of guanidine groups is 1. The van der Waals surface area contributed by atoms with Crippen molar-refractivity contribution in [1.82, 2.24) is 10.2 Å². The molecule has 0 aromatic heterocycles. The second kappa shape index (κ2) is 12.2. The predicted octanol–water partition coefficient (Wildman–Crippen LogP) is 2.45. The molecule has 0 atom stereocenters. The zero-order valence-corrected chi connectivity index (χ0v) is 17.3. The molecule has 0 amide bonds. The smallest absolute Gasteiger partial charge is 0.308 e. The highest BCUT2D eigenvalue weighted by Crippen LogP contribution is 2.19. The van der Waals surface area contributed by atoms with Crippen LogP contribution in [0.25, 0.3) is 0 Å². The minimum absolute atomic E-state index is 0.00364. The molecule has 0 bridgehead atoms. The molecular weight excluding hydrogens is 358 g/mol. The van der Waals surface area contributed by atoms with Gasteiger partial charge in [0.05, 0.1) is 26.2 Å². The van der Waals surface area contributed by atoms with E-state index in [0.717, 1.165) is 56.2 Å². The first-order valence-electron chi connectivity index (χ1n) is 9.99. The standard InChI is InChI=1S/C21H33N3O4/c1-4-22-21(24-11-9-18(10-12-24)20(25)27-3)23-16-17-7-5-8-19(15-17)28-14-6-13-26-2/h5,7-8,15,18H,4,6,9-14,16H2,1-3H3,(H,22,23). The molecule has 0 spiro atoms. The molecule has 156 valence electrons. The van der Waals surface area contributed by atoms with Gasteiger partial charge in [-0.25, -0.2) is 4.99 Å². The van der Waals surface area contributed by atoms with E-state index in [9.17, 15) is 4.79 Å². The summed E-state index contributed by atoms with van der Waals surface area (Å²) >= 11 is 0. The van der Waals surface area contributed by atoms with Crippen molar-refractivity contribution in [2.75, 3.05) is 47.1 Å². The van der Waals surface area contributed by atoms with Gasteiger partial charge in [-0.05, 0) is 37.5 Å². The van der Waals surface area contributed by atoms with Crippen LogP contribution in [0.5, 0.6) is 5.75 Å². The van der Waals surface area contributed by atoms with Gasteiger partial charge in [-0.1, -0.05) is 12.1 Å². The van der Waals surface area contributed by atoms with E-state index in [4.69, 9.17) is 19.2 Å². The molecule has 0 aliphatic carbocycles. The summed E-state index contributed by atoms with van der Waals surface area (Å²) in [5, 5.41) is 3.36. The van der Waals surface area contributed by atoms with Crippen molar-refractivity contribution in [1.29, 1.82) is 0 Å². The Kier molecular flexibility index (Phi) is 9.62. The number of methoxy groups -OCH3 is 2. The number of carbonyl (C=O) groups is 1. The molecule has 1 aromatic rings. The molecule has 0 unspecified atom stereocenters. The van der Waals surface area contributed by atoms with Crippen molar-refractivity contribution in [3.63, 3.8) is 0 Å². The van der Waals surface area contributed by atoms with Gasteiger partial charge in [-0.15, -0.1) is 0 Å². The molecule has 0 radical (unpaired) electrons. The monoisotopic (exact) mass is 391 g/mol. The van der Waals surface area contributed by atoms with E-state index < -0.39 is 0 Å². The quantitative estimate of drug-likeness (QED) is 0.302. The molecule has 1 saturated heterocycles. The fraction of sp³-hybridized carbons (Fsp3) is 0.619. The van der Waals surface area contributed by atoms with Gasteiger partial charge in [-0.3, -0.25) is 4.79 Å². The number of aliphatic imine (C=N–C) groups is 1. The summed E-state index contributed by atoms with van der Waals surface area (Å²) in [5.41, 5.74) is 1.10. The summed E-state index contributed by atoms with van der Waals surface area (Å²) in [7, 11) is 3.15. The highest BCUT2D eigenvalue weighted by molar-refractivity contribution is 5.80. The Morgan fingerprint density at radius 3 is 2.71 bits per heavy atom. The lowest BCUT2D eigenvalue weighted by atomic mass is 9.97. The number of esters is 1. The molecular formula is C21H33N3O4. The summed E-state index contributed by atoms with van der Waals surface area (Å²) < 4.78 is 15.7. The van der Waals surface area contributed by atoms with Crippen LogP contribution in [0.3, 0.4) is 0 Å². The number of nitrogens with one attached hydrogen (secondary N) is 1. The van der Waals surface area contributed by atoms with E-state index in [1.807, 2.05) is 18.2 Å². The lowest BCUT2D eigenvalue weighted by molar-refractivity contribution is -0.146. The van der Waals surface area contributed by atoms with Crippen molar-refractivity contribution in [3.8, 4) is 5.75 Å². The van der Waals surface area contributed by atoms with Crippen molar-refractivity contribution in [2.45, 2.75) is 32.7 Å². The fourth-order valence-corrected chi connectivity index (χ4v) is 3.21. The molecule has 1 N–H and O–H groups in total. The Bertz CT molecular complexity index is 628. The van der Waals surface area contributed by atoms with E-state index in [1.54, 1.807) is 7.11 Å². The molecule has 1 heterocycles. The second-order valence-electron chi connectivity index (χ2n) is 6.80. The largest absolute Gasteiger partial charge is 0.493 e. The maximum absolute atomic E-state index is 11.7. The molecule has 7 nitrogen and oxygen atoms in total. The van der Waals surface area contributed by atoms with Gasteiger partial charge in [0.1, 0.15) is 5.75 Å². The zero-order chi connectivity index (χ0) is 20.2. The van der Waals surface area contributed by atoms with Crippen LogP contribution < -0.4 is 10.1 Å². The summed E-state index contributed by atoms with van der Waals surface area (Å²) in [5.74, 6) is 1.63. The van der Waals surface area contributed by atoms with Gasteiger partial charge in [0.2, 0.25) is 0 Å².